The maximum atomic E-state index is 13.1. The maximum Gasteiger partial charge on any atom is 0.235 e. The summed E-state index contributed by atoms with van der Waals surface area (Å²) >= 11 is 0. The molecule has 0 aliphatic carbocycles. The molecule has 1 aromatic heterocycles. The van der Waals surface area contributed by atoms with Gasteiger partial charge in [0, 0.05) is 5.56 Å². The molecule has 0 N–H and O–H groups in total. The Hall–Kier alpha value is -3.33. The molecule has 0 atom stereocenters. The summed E-state index contributed by atoms with van der Waals surface area (Å²) in [4.78, 5) is 13.1. The van der Waals surface area contributed by atoms with Crippen molar-refractivity contribution in [3.63, 3.8) is 0 Å². The van der Waals surface area contributed by atoms with Crippen LogP contribution in [0.25, 0.3) is 22.3 Å². The highest BCUT2D eigenvalue weighted by atomic mass is 16.5. The number of rotatable bonds is 4. The Morgan fingerprint density at radius 3 is 2.15 bits per heavy atom. The van der Waals surface area contributed by atoms with E-state index >= 15 is 0 Å². The molecule has 0 radical (unpaired) electrons. The summed E-state index contributed by atoms with van der Waals surface area (Å²) in [7, 11) is 0. The van der Waals surface area contributed by atoms with Crippen molar-refractivity contribution in [2.75, 3.05) is 0 Å². The molecular weight excluding hydrogens is 336 g/mol. The number of ether oxygens (including phenoxy) is 1. The third kappa shape index (κ3) is 3.49. The van der Waals surface area contributed by atoms with Crippen molar-refractivity contribution in [2.24, 2.45) is 0 Å². The topological polar surface area (TPSA) is 39.4 Å². The van der Waals surface area contributed by atoms with Crippen molar-refractivity contribution in [3.05, 3.63) is 99.7 Å². The molecule has 4 aromatic rings. The first kappa shape index (κ1) is 17.1. The fourth-order valence-corrected chi connectivity index (χ4v) is 2.99. The van der Waals surface area contributed by atoms with Crippen molar-refractivity contribution >= 4 is 11.0 Å². The zero-order chi connectivity index (χ0) is 18.8. The molecule has 0 saturated heterocycles. The normalized spacial score (nSPS) is 10.9. The van der Waals surface area contributed by atoms with Gasteiger partial charge in [0.05, 0.1) is 5.39 Å². The van der Waals surface area contributed by atoms with Crippen LogP contribution in [0.2, 0.25) is 0 Å². The number of benzene rings is 3. The van der Waals surface area contributed by atoms with Gasteiger partial charge in [0.2, 0.25) is 11.2 Å². The average Bonchev–Trinajstić information content (AvgIpc) is 2.69. The van der Waals surface area contributed by atoms with Crippen molar-refractivity contribution in [1.29, 1.82) is 0 Å². The highest BCUT2D eigenvalue weighted by Gasteiger charge is 2.17. The largest absolute Gasteiger partial charge is 0.481 e. The molecule has 4 rings (SSSR count). The quantitative estimate of drug-likeness (QED) is 0.474. The summed E-state index contributed by atoms with van der Waals surface area (Å²) in [6, 6.07) is 23.2. The fourth-order valence-electron chi connectivity index (χ4n) is 2.99. The van der Waals surface area contributed by atoms with Crippen LogP contribution in [0.3, 0.4) is 0 Å². The van der Waals surface area contributed by atoms with Crippen molar-refractivity contribution in [3.8, 4) is 17.1 Å². The van der Waals surface area contributed by atoms with Gasteiger partial charge < -0.3 is 9.15 Å². The van der Waals surface area contributed by atoms with Crippen LogP contribution < -0.4 is 10.2 Å². The van der Waals surface area contributed by atoms with E-state index in [-0.39, 0.29) is 11.2 Å². The standard InChI is InChI=1S/C24H20O3/c1-16-7-11-18(12-8-16)15-26-24-22(25)20-5-3-4-6-21(20)27-23(24)19-13-9-17(2)10-14-19/h3-14H,15H2,1-2H3. The van der Waals surface area contributed by atoms with Crippen LogP contribution in [0.1, 0.15) is 16.7 Å². The molecule has 0 aliphatic rings. The first-order valence-corrected chi connectivity index (χ1v) is 8.93. The van der Waals surface area contributed by atoms with Gasteiger partial charge in [0.15, 0.2) is 5.76 Å². The molecule has 3 nitrogen and oxygen atoms in total. The van der Waals surface area contributed by atoms with Crippen LogP contribution in [0.15, 0.2) is 82.0 Å². The zero-order valence-corrected chi connectivity index (χ0v) is 15.4. The molecule has 3 heteroatoms. The zero-order valence-electron chi connectivity index (χ0n) is 15.4. The second-order valence-electron chi connectivity index (χ2n) is 6.73. The summed E-state index contributed by atoms with van der Waals surface area (Å²) in [6.07, 6.45) is 0. The number of hydrogen-bond donors (Lipinski definition) is 0. The van der Waals surface area contributed by atoms with Crippen LogP contribution in [-0.4, -0.2) is 0 Å². The van der Waals surface area contributed by atoms with E-state index < -0.39 is 0 Å². The SMILES string of the molecule is Cc1ccc(COc2c(-c3ccc(C)cc3)oc3ccccc3c2=O)cc1. The molecule has 0 fully saturated rings. The number of hydrogen-bond acceptors (Lipinski definition) is 3. The van der Waals surface area contributed by atoms with Gasteiger partial charge in [0.1, 0.15) is 12.2 Å². The van der Waals surface area contributed by atoms with E-state index in [1.807, 2.05) is 74.5 Å². The Morgan fingerprint density at radius 2 is 1.44 bits per heavy atom. The third-order valence-corrected chi connectivity index (χ3v) is 4.57. The number of para-hydroxylation sites is 1. The Kier molecular flexibility index (Phi) is 4.51. The summed E-state index contributed by atoms with van der Waals surface area (Å²) in [5.41, 5.74) is 4.55. The Morgan fingerprint density at radius 1 is 0.815 bits per heavy atom. The Balaban J connectivity index is 1.82. The van der Waals surface area contributed by atoms with E-state index in [9.17, 15) is 4.79 Å². The van der Waals surface area contributed by atoms with Crippen LogP contribution in [0.4, 0.5) is 0 Å². The van der Waals surface area contributed by atoms with E-state index in [0.29, 0.717) is 23.3 Å². The Bertz CT molecular complexity index is 1140. The van der Waals surface area contributed by atoms with Gasteiger partial charge >= 0.3 is 0 Å². The molecular formula is C24H20O3. The lowest BCUT2D eigenvalue weighted by Gasteiger charge is -2.12. The minimum absolute atomic E-state index is 0.153. The summed E-state index contributed by atoms with van der Waals surface area (Å²) in [5.74, 6) is 0.712. The van der Waals surface area contributed by atoms with Crippen LogP contribution in [-0.2, 0) is 6.61 Å². The van der Waals surface area contributed by atoms with E-state index in [4.69, 9.17) is 9.15 Å². The van der Waals surface area contributed by atoms with Gasteiger partial charge in [-0.15, -0.1) is 0 Å². The maximum absolute atomic E-state index is 13.1. The van der Waals surface area contributed by atoms with Crippen molar-refractivity contribution in [2.45, 2.75) is 20.5 Å². The van der Waals surface area contributed by atoms with Gasteiger partial charge in [-0.3, -0.25) is 4.79 Å². The molecule has 0 unspecified atom stereocenters. The van der Waals surface area contributed by atoms with E-state index in [2.05, 4.69) is 0 Å². The second-order valence-corrected chi connectivity index (χ2v) is 6.73. The minimum Gasteiger partial charge on any atom is -0.481 e. The smallest absolute Gasteiger partial charge is 0.235 e. The van der Waals surface area contributed by atoms with Gasteiger partial charge in [-0.25, -0.2) is 0 Å². The predicted molar refractivity (Wildman–Crippen MR) is 108 cm³/mol. The molecule has 3 aromatic carbocycles. The third-order valence-electron chi connectivity index (χ3n) is 4.57. The molecule has 1 heterocycles. The molecule has 0 saturated carbocycles. The summed E-state index contributed by atoms with van der Waals surface area (Å²) < 4.78 is 12.1. The van der Waals surface area contributed by atoms with Crippen molar-refractivity contribution in [1.82, 2.24) is 0 Å². The summed E-state index contributed by atoms with van der Waals surface area (Å²) in [6.45, 7) is 4.37. The molecule has 134 valence electrons. The number of fused-ring (bicyclic) bond motifs is 1. The first-order valence-electron chi connectivity index (χ1n) is 8.93. The first-order chi connectivity index (χ1) is 13.1. The van der Waals surface area contributed by atoms with Gasteiger partial charge in [0.25, 0.3) is 0 Å². The van der Waals surface area contributed by atoms with Crippen LogP contribution >= 0.6 is 0 Å². The van der Waals surface area contributed by atoms with Gasteiger partial charge in [-0.1, -0.05) is 71.8 Å². The van der Waals surface area contributed by atoms with E-state index in [0.717, 1.165) is 16.7 Å². The molecule has 0 aliphatic heterocycles. The second kappa shape index (κ2) is 7.12. The highest BCUT2D eigenvalue weighted by Crippen LogP contribution is 2.31. The molecule has 27 heavy (non-hydrogen) atoms. The number of aryl methyl sites for hydroxylation is 2. The Labute approximate surface area is 157 Å². The lowest BCUT2D eigenvalue weighted by Crippen LogP contribution is -2.10. The highest BCUT2D eigenvalue weighted by molar-refractivity contribution is 5.81. The molecule has 0 spiro atoms. The fraction of sp³-hybridized carbons (Fsp3) is 0.125. The molecule has 0 bridgehead atoms. The summed E-state index contributed by atoms with van der Waals surface area (Å²) in [5, 5.41) is 0.521. The monoisotopic (exact) mass is 356 g/mol. The predicted octanol–water partition coefficient (Wildman–Crippen LogP) is 5.66. The van der Waals surface area contributed by atoms with Gasteiger partial charge in [-0.2, -0.15) is 0 Å². The van der Waals surface area contributed by atoms with Crippen LogP contribution in [0, 0.1) is 13.8 Å². The van der Waals surface area contributed by atoms with Crippen molar-refractivity contribution < 1.29 is 9.15 Å². The lowest BCUT2D eigenvalue weighted by molar-refractivity contribution is 0.298. The van der Waals surface area contributed by atoms with Crippen LogP contribution in [0.5, 0.6) is 5.75 Å². The lowest BCUT2D eigenvalue weighted by atomic mass is 10.1. The average molecular weight is 356 g/mol. The van der Waals surface area contributed by atoms with E-state index in [1.165, 1.54) is 5.56 Å². The molecule has 0 amide bonds. The minimum atomic E-state index is -0.153. The van der Waals surface area contributed by atoms with Gasteiger partial charge in [-0.05, 0) is 31.5 Å². The van der Waals surface area contributed by atoms with E-state index in [1.54, 1.807) is 12.1 Å².